The number of nitrogens with zero attached hydrogens (tertiary/aromatic N) is 1. The summed E-state index contributed by atoms with van der Waals surface area (Å²) >= 11 is 9.34. The number of hydrogen-bond acceptors (Lipinski definition) is 6. The normalized spacial score (nSPS) is 15.5. The second-order valence-corrected chi connectivity index (χ2v) is 8.05. The fraction of sp³-hybridized carbons (Fsp3) is 0.286. The van der Waals surface area contributed by atoms with Gasteiger partial charge in [-0.05, 0) is 30.3 Å². The summed E-state index contributed by atoms with van der Waals surface area (Å²) < 4.78 is 16.4. The van der Waals surface area contributed by atoms with Crippen LogP contribution in [0.3, 0.4) is 0 Å². The Hall–Kier alpha value is -2.78. The third kappa shape index (κ3) is 5.48. The molecule has 1 aliphatic rings. The van der Waals surface area contributed by atoms with E-state index in [1.807, 2.05) is 0 Å². The Labute approximate surface area is 192 Å². The molecule has 164 valence electrons. The van der Waals surface area contributed by atoms with Crippen LogP contribution in [-0.4, -0.2) is 45.2 Å². The lowest BCUT2D eigenvalue weighted by molar-refractivity contribution is -0.151. The van der Waals surface area contributed by atoms with Gasteiger partial charge in [0, 0.05) is 23.5 Å². The van der Waals surface area contributed by atoms with Crippen molar-refractivity contribution in [2.75, 3.05) is 37.6 Å². The van der Waals surface area contributed by atoms with Crippen molar-refractivity contribution in [2.24, 2.45) is 5.92 Å². The summed E-state index contributed by atoms with van der Waals surface area (Å²) in [5.41, 5.74) is 0.936. The number of carbonyl (C=O) groups is 3. The molecular weight excluding hydrogens is 492 g/mol. The Morgan fingerprint density at radius 1 is 1.19 bits per heavy atom. The summed E-state index contributed by atoms with van der Waals surface area (Å²) in [6, 6.07) is 10.0. The van der Waals surface area contributed by atoms with E-state index in [1.165, 1.54) is 19.1 Å². The topological polar surface area (TPSA) is 94.2 Å². The van der Waals surface area contributed by atoms with E-state index in [-0.39, 0.29) is 18.9 Å². The van der Waals surface area contributed by atoms with Crippen molar-refractivity contribution in [3.05, 3.63) is 45.9 Å². The smallest absolute Gasteiger partial charge is 0.311 e. The van der Waals surface area contributed by atoms with Crippen molar-refractivity contribution < 1.29 is 28.6 Å². The number of anilines is 2. The van der Waals surface area contributed by atoms with Crippen molar-refractivity contribution in [1.29, 1.82) is 0 Å². The molecule has 2 amide bonds. The number of amides is 2. The van der Waals surface area contributed by atoms with Gasteiger partial charge in [-0.25, -0.2) is 0 Å². The Morgan fingerprint density at radius 3 is 2.65 bits per heavy atom. The molecule has 8 nitrogen and oxygen atoms in total. The number of nitrogens with one attached hydrogen (secondary N) is 1. The van der Waals surface area contributed by atoms with Gasteiger partial charge >= 0.3 is 5.97 Å². The van der Waals surface area contributed by atoms with E-state index in [0.29, 0.717) is 27.9 Å². The Bertz CT molecular complexity index is 1020. The summed E-state index contributed by atoms with van der Waals surface area (Å²) in [4.78, 5) is 38.5. The average molecular weight is 512 g/mol. The van der Waals surface area contributed by atoms with Gasteiger partial charge in [-0.3, -0.25) is 14.4 Å². The van der Waals surface area contributed by atoms with Gasteiger partial charge in [0.15, 0.2) is 6.61 Å². The third-order valence-corrected chi connectivity index (χ3v) is 5.49. The van der Waals surface area contributed by atoms with Gasteiger partial charge in [-0.2, -0.15) is 0 Å². The monoisotopic (exact) mass is 510 g/mol. The SMILES string of the molecule is COc1ccc(N2C[C@@H](C(=O)OCC(=O)Nc3ccc(Br)cc3Cl)CC2=O)c(OC)c1. The van der Waals surface area contributed by atoms with Crippen LogP contribution in [0.2, 0.25) is 5.02 Å². The van der Waals surface area contributed by atoms with Crippen LogP contribution in [0.1, 0.15) is 6.42 Å². The maximum atomic E-state index is 12.5. The largest absolute Gasteiger partial charge is 0.497 e. The Morgan fingerprint density at radius 2 is 1.97 bits per heavy atom. The van der Waals surface area contributed by atoms with Crippen LogP contribution in [0.5, 0.6) is 11.5 Å². The fourth-order valence-electron chi connectivity index (χ4n) is 3.14. The van der Waals surface area contributed by atoms with Crippen LogP contribution in [-0.2, 0) is 19.1 Å². The van der Waals surface area contributed by atoms with E-state index in [2.05, 4.69) is 21.2 Å². The molecule has 1 saturated heterocycles. The van der Waals surface area contributed by atoms with Crippen LogP contribution >= 0.6 is 27.5 Å². The maximum absolute atomic E-state index is 12.5. The fourth-order valence-corrected chi connectivity index (χ4v) is 3.86. The van der Waals surface area contributed by atoms with Crippen molar-refractivity contribution in [3.63, 3.8) is 0 Å². The summed E-state index contributed by atoms with van der Waals surface area (Å²) in [6.07, 6.45) is -0.0197. The van der Waals surface area contributed by atoms with Gasteiger partial charge in [0.1, 0.15) is 11.5 Å². The van der Waals surface area contributed by atoms with Gasteiger partial charge in [-0.15, -0.1) is 0 Å². The molecule has 1 heterocycles. The summed E-state index contributed by atoms with van der Waals surface area (Å²) in [6.45, 7) is -0.359. The van der Waals surface area contributed by atoms with Crippen molar-refractivity contribution in [1.82, 2.24) is 0 Å². The molecule has 0 radical (unpaired) electrons. The highest BCUT2D eigenvalue weighted by molar-refractivity contribution is 9.10. The average Bonchev–Trinajstić information content (AvgIpc) is 3.15. The molecule has 1 fully saturated rings. The second-order valence-electron chi connectivity index (χ2n) is 6.72. The molecule has 0 bridgehead atoms. The van der Waals surface area contributed by atoms with Gasteiger partial charge in [0.2, 0.25) is 5.91 Å². The number of ether oxygens (including phenoxy) is 3. The number of benzene rings is 2. The minimum atomic E-state index is -0.691. The van der Waals surface area contributed by atoms with Crippen molar-refractivity contribution in [3.8, 4) is 11.5 Å². The van der Waals surface area contributed by atoms with E-state index in [4.69, 9.17) is 25.8 Å². The third-order valence-electron chi connectivity index (χ3n) is 4.69. The Kier molecular flexibility index (Phi) is 7.40. The van der Waals surface area contributed by atoms with Crippen LogP contribution in [0.4, 0.5) is 11.4 Å². The van der Waals surface area contributed by atoms with Gasteiger partial charge < -0.3 is 24.4 Å². The van der Waals surface area contributed by atoms with Crippen molar-refractivity contribution in [2.45, 2.75) is 6.42 Å². The zero-order chi connectivity index (χ0) is 22.5. The standard InChI is InChI=1S/C21H20BrClN2O6/c1-29-14-4-6-17(18(9-14)30-2)25-10-12(7-20(25)27)21(28)31-11-19(26)24-16-5-3-13(22)8-15(16)23/h3-6,8-9,12H,7,10-11H2,1-2H3,(H,24,26)/t12-/m0/s1. The lowest BCUT2D eigenvalue weighted by atomic mass is 10.1. The number of esters is 1. The van der Waals surface area contributed by atoms with Crippen LogP contribution in [0, 0.1) is 5.92 Å². The quantitative estimate of drug-likeness (QED) is 0.570. The highest BCUT2D eigenvalue weighted by atomic mass is 79.9. The molecule has 10 heteroatoms. The van der Waals surface area contributed by atoms with Gasteiger partial charge in [0.25, 0.3) is 5.91 Å². The van der Waals surface area contributed by atoms with E-state index in [0.717, 1.165) is 4.47 Å². The summed E-state index contributed by atoms with van der Waals surface area (Å²) in [7, 11) is 3.02. The molecule has 0 aromatic heterocycles. The molecule has 31 heavy (non-hydrogen) atoms. The highest BCUT2D eigenvalue weighted by Gasteiger charge is 2.37. The summed E-state index contributed by atoms with van der Waals surface area (Å²) in [5, 5.41) is 2.92. The minimum absolute atomic E-state index is 0.0197. The number of halogens is 2. The molecule has 1 aliphatic heterocycles. The zero-order valence-corrected chi connectivity index (χ0v) is 19.2. The molecule has 3 rings (SSSR count). The van der Waals surface area contributed by atoms with E-state index in [9.17, 15) is 14.4 Å². The van der Waals surface area contributed by atoms with Gasteiger partial charge in [-0.1, -0.05) is 27.5 Å². The van der Waals surface area contributed by atoms with E-state index >= 15 is 0 Å². The molecule has 0 spiro atoms. The molecule has 2 aromatic rings. The second kappa shape index (κ2) is 10.0. The van der Waals surface area contributed by atoms with Crippen LogP contribution < -0.4 is 19.7 Å². The molecule has 0 unspecified atom stereocenters. The maximum Gasteiger partial charge on any atom is 0.311 e. The molecule has 1 N–H and O–H groups in total. The summed E-state index contributed by atoms with van der Waals surface area (Å²) in [5.74, 6) is -1.05. The van der Waals surface area contributed by atoms with E-state index < -0.39 is 24.4 Å². The molecule has 1 atom stereocenters. The Balaban J connectivity index is 1.58. The lowest BCUT2D eigenvalue weighted by Gasteiger charge is -2.20. The number of hydrogen-bond donors (Lipinski definition) is 1. The first-order valence-corrected chi connectivity index (χ1v) is 10.4. The predicted octanol–water partition coefficient (Wildman–Crippen LogP) is 3.65. The molecule has 0 saturated carbocycles. The van der Waals surface area contributed by atoms with E-state index in [1.54, 1.807) is 36.4 Å². The first-order chi connectivity index (χ1) is 14.8. The highest BCUT2D eigenvalue weighted by Crippen LogP contribution is 2.36. The first-order valence-electron chi connectivity index (χ1n) is 9.26. The van der Waals surface area contributed by atoms with Gasteiger partial charge in [0.05, 0.1) is 36.5 Å². The minimum Gasteiger partial charge on any atom is -0.497 e. The number of rotatable bonds is 7. The zero-order valence-electron chi connectivity index (χ0n) is 16.8. The van der Waals surface area contributed by atoms with Crippen LogP contribution in [0.25, 0.3) is 0 Å². The number of carbonyl (C=O) groups excluding carboxylic acids is 3. The van der Waals surface area contributed by atoms with Crippen molar-refractivity contribution >= 4 is 56.7 Å². The molecule has 0 aliphatic carbocycles. The predicted molar refractivity (Wildman–Crippen MR) is 119 cm³/mol. The molecule has 2 aromatic carbocycles. The van der Waals surface area contributed by atoms with Crippen LogP contribution in [0.15, 0.2) is 40.9 Å². The number of methoxy groups -OCH3 is 2. The lowest BCUT2D eigenvalue weighted by Crippen LogP contribution is -2.28. The molecular formula is C21H20BrClN2O6. The first kappa shape index (κ1) is 22.9.